The molecule has 0 aromatic rings. The maximum Gasteiger partial charge on any atom is 0.469 e. The molecule has 0 saturated heterocycles. The molecule has 0 saturated carbocycles. The summed E-state index contributed by atoms with van der Waals surface area (Å²) in [6, 6.07) is 0. The van der Waals surface area contributed by atoms with Crippen molar-refractivity contribution < 1.29 is 24.7 Å². The Labute approximate surface area is 171 Å². The lowest BCUT2D eigenvalue weighted by Gasteiger charge is -2.37. The van der Waals surface area contributed by atoms with Crippen LogP contribution in [0, 0.1) is 0 Å². The summed E-state index contributed by atoms with van der Waals surface area (Å²) in [5.41, 5.74) is 0. The molecule has 0 aliphatic rings. The third kappa shape index (κ3) is 15.2. The lowest BCUT2D eigenvalue weighted by molar-refractivity contribution is 0.231. The Balaban J connectivity index is 5.01. The second kappa shape index (κ2) is 10.4. The van der Waals surface area contributed by atoms with E-state index in [4.69, 9.17) is 24.7 Å². The zero-order valence-corrected chi connectivity index (χ0v) is 25.9. The number of hydrogen-bond acceptors (Lipinski definition) is 6. The molecule has 0 aliphatic carbocycles. The largest absolute Gasteiger partial charge is 0.469 e. The Bertz CT molecular complexity index is 423. The molecule has 3 radical (unpaired) electrons. The van der Waals surface area contributed by atoms with Crippen molar-refractivity contribution in [2.75, 3.05) is 0 Å². The first kappa shape index (κ1) is 27.3. The molecule has 0 rings (SSSR count). The molecule has 0 spiro atoms. The molecule has 0 fully saturated rings. The Hall–Kier alpha value is 1.28. The van der Waals surface area contributed by atoms with Crippen LogP contribution in [0.3, 0.4) is 0 Å². The SMILES string of the molecule is C[Si](O[Si](C)O[Si](C)(O[Si](C)O[Si](C)(C)C)O[Si](C)(C)C)O[Si](C)(C)C. The average Bonchev–Trinajstić information content (AvgIpc) is 2.16. The summed E-state index contributed by atoms with van der Waals surface area (Å²) < 4.78 is 37.3. The van der Waals surface area contributed by atoms with Crippen molar-refractivity contribution in [1.29, 1.82) is 0 Å². The van der Waals surface area contributed by atoms with Gasteiger partial charge in [0.15, 0.2) is 25.0 Å². The highest BCUT2D eigenvalue weighted by Crippen LogP contribution is 2.21. The number of hydrogen-bond donors (Lipinski definition) is 0. The molecular weight excluding hydrogens is 449 g/mol. The van der Waals surface area contributed by atoms with Gasteiger partial charge in [-0.05, 0) is 78.6 Å². The van der Waals surface area contributed by atoms with Crippen LogP contribution < -0.4 is 0 Å². The number of rotatable bonds is 12. The summed E-state index contributed by atoms with van der Waals surface area (Å²) in [5.74, 6) is 0. The Morgan fingerprint density at radius 2 is 0.808 bits per heavy atom. The summed E-state index contributed by atoms with van der Waals surface area (Å²) in [7, 11) is -12.2. The van der Waals surface area contributed by atoms with Crippen LogP contribution in [0.2, 0.25) is 85.1 Å². The van der Waals surface area contributed by atoms with E-state index >= 15 is 0 Å². The van der Waals surface area contributed by atoms with Gasteiger partial charge in [-0.1, -0.05) is 0 Å². The summed E-state index contributed by atoms with van der Waals surface area (Å²) in [4.78, 5) is 0. The van der Waals surface area contributed by atoms with Gasteiger partial charge in [0.25, 0.3) is 0 Å². The molecule has 0 aromatic heterocycles. The summed E-state index contributed by atoms with van der Waals surface area (Å²) in [5, 5.41) is 0. The van der Waals surface area contributed by atoms with Gasteiger partial charge >= 0.3 is 36.7 Å². The standard InChI is InChI=1S/C13H39O6Si7/c1-20(15-23(4,5)6)14-21(2)17-26(13,19-25(10,11)12)18-22(3)16-24(7,8)9/h1-13H3. The maximum atomic E-state index is 6.38. The van der Waals surface area contributed by atoms with Crippen molar-refractivity contribution in [3.63, 3.8) is 0 Å². The van der Waals surface area contributed by atoms with Crippen molar-refractivity contribution in [2.45, 2.75) is 85.1 Å². The van der Waals surface area contributed by atoms with Crippen molar-refractivity contribution in [2.24, 2.45) is 0 Å². The first-order valence-electron chi connectivity index (χ1n) is 8.95. The molecule has 0 heterocycles. The second-order valence-electron chi connectivity index (χ2n) is 9.29. The van der Waals surface area contributed by atoms with Crippen LogP contribution in [0.4, 0.5) is 0 Å². The fraction of sp³-hybridized carbons (Fsp3) is 1.00. The van der Waals surface area contributed by atoms with Gasteiger partial charge < -0.3 is 24.7 Å². The van der Waals surface area contributed by atoms with Crippen LogP contribution >= 0.6 is 0 Å². The van der Waals surface area contributed by atoms with Crippen LogP contribution in [0.5, 0.6) is 0 Å². The van der Waals surface area contributed by atoms with Gasteiger partial charge in [-0.25, -0.2) is 0 Å². The third-order valence-corrected chi connectivity index (χ3v) is 21.0. The third-order valence-electron chi connectivity index (χ3n) is 2.34. The average molecular weight is 488 g/mol. The molecule has 0 aliphatic heterocycles. The van der Waals surface area contributed by atoms with E-state index in [1.807, 2.05) is 26.2 Å². The van der Waals surface area contributed by atoms with E-state index in [0.717, 1.165) is 0 Å². The molecule has 0 aromatic carbocycles. The van der Waals surface area contributed by atoms with E-state index in [-0.39, 0.29) is 0 Å². The van der Waals surface area contributed by atoms with Gasteiger partial charge in [-0.15, -0.1) is 0 Å². The van der Waals surface area contributed by atoms with Gasteiger partial charge in [0.1, 0.15) is 0 Å². The Morgan fingerprint density at radius 3 is 1.19 bits per heavy atom. The first-order valence-corrected chi connectivity index (χ1v) is 26.8. The lowest BCUT2D eigenvalue weighted by atomic mass is 11.8. The molecule has 155 valence electrons. The topological polar surface area (TPSA) is 55.4 Å². The molecule has 6 nitrogen and oxygen atoms in total. The second-order valence-corrected chi connectivity index (χ2v) is 31.5. The van der Waals surface area contributed by atoms with E-state index in [1.165, 1.54) is 0 Å². The van der Waals surface area contributed by atoms with E-state index in [1.54, 1.807) is 0 Å². The molecular formula is C13H39O6Si7. The molecule has 0 bridgehead atoms. The molecule has 0 N–H and O–H groups in total. The lowest BCUT2D eigenvalue weighted by Crippen LogP contribution is -2.56. The molecule has 26 heavy (non-hydrogen) atoms. The molecule has 1 atom stereocenters. The minimum Gasteiger partial charge on any atom is -0.436 e. The Morgan fingerprint density at radius 1 is 0.462 bits per heavy atom. The van der Waals surface area contributed by atoms with E-state index in [2.05, 4.69) is 58.9 Å². The summed E-state index contributed by atoms with van der Waals surface area (Å²) in [6.07, 6.45) is 0. The quantitative estimate of drug-likeness (QED) is 0.377. The predicted octanol–water partition coefficient (Wildman–Crippen LogP) is 4.51. The fourth-order valence-electron chi connectivity index (χ4n) is 2.27. The molecule has 1 unspecified atom stereocenters. The van der Waals surface area contributed by atoms with Crippen LogP contribution in [-0.2, 0) is 24.7 Å². The van der Waals surface area contributed by atoms with Crippen molar-refractivity contribution in [3.8, 4) is 0 Å². The highest BCUT2D eigenvalue weighted by atomic mass is 28.5. The minimum absolute atomic E-state index is 1.33. The normalized spacial score (nSPS) is 16.6. The zero-order valence-electron chi connectivity index (χ0n) is 18.9. The minimum atomic E-state index is -2.84. The van der Waals surface area contributed by atoms with Gasteiger partial charge in [-0.3, -0.25) is 0 Å². The summed E-state index contributed by atoms with van der Waals surface area (Å²) in [6.45, 7) is 27.5. The van der Waals surface area contributed by atoms with Crippen LogP contribution in [0.25, 0.3) is 0 Å². The predicted molar refractivity (Wildman–Crippen MR) is 123 cm³/mol. The molecule has 13 heteroatoms. The van der Waals surface area contributed by atoms with Crippen LogP contribution in [-0.4, -0.2) is 61.6 Å². The highest BCUT2D eigenvalue weighted by Gasteiger charge is 2.44. The van der Waals surface area contributed by atoms with Gasteiger partial charge in [0, 0.05) is 6.55 Å². The monoisotopic (exact) mass is 487 g/mol. The van der Waals surface area contributed by atoms with Gasteiger partial charge in [0.05, 0.1) is 0 Å². The van der Waals surface area contributed by atoms with Gasteiger partial charge in [0.2, 0.25) is 0 Å². The van der Waals surface area contributed by atoms with Crippen LogP contribution in [0.15, 0.2) is 0 Å². The van der Waals surface area contributed by atoms with Crippen molar-refractivity contribution >= 4 is 61.6 Å². The van der Waals surface area contributed by atoms with Crippen molar-refractivity contribution in [3.05, 3.63) is 0 Å². The smallest absolute Gasteiger partial charge is 0.436 e. The van der Waals surface area contributed by atoms with Crippen molar-refractivity contribution in [1.82, 2.24) is 0 Å². The first-order chi connectivity index (χ1) is 11.3. The molecule has 0 amide bonds. The summed E-state index contributed by atoms with van der Waals surface area (Å²) >= 11 is 0. The van der Waals surface area contributed by atoms with E-state index in [0.29, 0.717) is 0 Å². The Kier molecular flexibility index (Phi) is 10.9. The van der Waals surface area contributed by atoms with Gasteiger partial charge in [-0.2, -0.15) is 0 Å². The fourth-order valence-corrected chi connectivity index (χ4v) is 22.7. The van der Waals surface area contributed by atoms with Crippen LogP contribution in [0.1, 0.15) is 0 Å². The van der Waals surface area contributed by atoms with E-state index in [9.17, 15) is 0 Å². The maximum absolute atomic E-state index is 6.38. The zero-order chi connectivity index (χ0) is 21.0. The van der Waals surface area contributed by atoms with E-state index < -0.39 is 61.6 Å². The highest BCUT2D eigenvalue weighted by molar-refractivity contribution is 6.85.